The van der Waals surface area contributed by atoms with E-state index >= 15 is 0 Å². The number of amides is 1. The number of anilines is 1. The molecular formula is C19H25N5O2. The Morgan fingerprint density at radius 3 is 2.46 bits per heavy atom. The predicted octanol–water partition coefficient (Wildman–Crippen LogP) is 2.10. The Morgan fingerprint density at radius 1 is 1.00 bits per heavy atom. The average Bonchev–Trinajstić information content (AvgIpc) is 2.67. The topological polar surface area (TPSA) is 71.5 Å². The molecule has 0 spiro atoms. The second-order valence-electron chi connectivity index (χ2n) is 7.10. The number of piperidine rings is 1. The maximum atomic E-state index is 13.0. The maximum Gasteiger partial charge on any atom is 0.291 e. The van der Waals surface area contributed by atoms with Crippen LogP contribution in [0.3, 0.4) is 0 Å². The highest BCUT2D eigenvalue weighted by atomic mass is 16.5. The summed E-state index contributed by atoms with van der Waals surface area (Å²) in [5, 5.41) is 0.938. The summed E-state index contributed by atoms with van der Waals surface area (Å²) in [5.74, 6) is 0.990. The number of morpholine rings is 1. The van der Waals surface area contributed by atoms with Gasteiger partial charge in [-0.3, -0.25) is 4.79 Å². The molecule has 4 heterocycles. The van der Waals surface area contributed by atoms with Crippen LogP contribution in [0.15, 0.2) is 6.07 Å². The van der Waals surface area contributed by atoms with Crippen molar-refractivity contribution < 1.29 is 9.53 Å². The smallest absolute Gasteiger partial charge is 0.291 e. The summed E-state index contributed by atoms with van der Waals surface area (Å²) < 4.78 is 5.48. The number of aromatic nitrogens is 3. The lowest BCUT2D eigenvalue weighted by Gasteiger charge is -2.30. The minimum Gasteiger partial charge on any atom is -0.378 e. The number of hydrogen-bond donors (Lipinski definition) is 0. The number of pyridine rings is 1. The molecule has 26 heavy (non-hydrogen) atoms. The van der Waals surface area contributed by atoms with Gasteiger partial charge in [-0.05, 0) is 44.7 Å². The van der Waals surface area contributed by atoms with Crippen molar-refractivity contribution in [1.29, 1.82) is 0 Å². The van der Waals surface area contributed by atoms with Gasteiger partial charge in [0, 0.05) is 31.9 Å². The third kappa shape index (κ3) is 3.23. The molecule has 2 aliphatic rings. The Hall–Kier alpha value is -2.28. The van der Waals surface area contributed by atoms with E-state index in [0.29, 0.717) is 18.9 Å². The number of fused-ring (bicyclic) bond motifs is 1. The van der Waals surface area contributed by atoms with Crippen LogP contribution in [0.1, 0.15) is 41.1 Å². The van der Waals surface area contributed by atoms with E-state index in [2.05, 4.69) is 21.8 Å². The first-order chi connectivity index (χ1) is 12.6. The van der Waals surface area contributed by atoms with Crippen LogP contribution in [-0.2, 0) is 4.74 Å². The van der Waals surface area contributed by atoms with Crippen LogP contribution in [0, 0.1) is 13.8 Å². The van der Waals surface area contributed by atoms with Crippen LogP contribution in [0.4, 0.5) is 5.82 Å². The minimum absolute atomic E-state index is 0.0814. The molecule has 0 aromatic carbocycles. The molecule has 7 heteroatoms. The van der Waals surface area contributed by atoms with E-state index in [9.17, 15) is 4.79 Å². The first-order valence-electron chi connectivity index (χ1n) is 9.41. The van der Waals surface area contributed by atoms with Crippen molar-refractivity contribution in [1.82, 2.24) is 19.9 Å². The lowest BCUT2D eigenvalue weighted by Crippen LogP contribution is -2.39. The van der Waals surface area contributed by atoms with Gasteiger partial charge in [0.05, 0.1) is 18.6 Å². The highest BCUT2D eigenvalue weighted by molar-refractivity contribution is 5.96. The van der Waals surface area contributed by atoms with Gasteiger partial charge in [0.1, 0.15) is 5.82 Å². The van der Waals surface area contributed by atoms with E-state index in [-0.39, 0.29) is 11.7 Å². The number of nitrogens with zero attached hydrogens (tertiary/aromatic N) is 5. The number of carbonyl (C=O) groups excluding carboxylic acids is 1. The molecule has 4 rings (SSSR count). The van der Waals surface area contributed by atoms with Crippen molar-refractivity contribution in [2.45, 2.75) is 33.1 Å². The highest BCUT2D eigenvalue weighted by Gasteiger charge is 2.25. The van der Waals surface area contributed by atoms with E-state index in [0.717, 1.165) is 61.5 Å². The molecular weight excluding hydrogens is 330 g/mol. The number of likely N-dealkylation sites (tertiary alicyclic amines) is 1. The first-order valence-corrected chi connectivity index (χ1v) is 9.41. The zero-order valence-corrected chi connectivity index (χ0v) is 15.5. The van der Waals surface area contributed by atoms with E-state index in [4.69, 9.17) is 9.72 Å². The van der Waals surface area contributed by atoms with Gasteiger partial charge < -0.3 is 14.5 Å². The number of carbonyl (C=O) groups is 1. The second kappa shape index (κ2) is 7.15. The molecule has 2 aromatic heterocycles. The summed E-state index contributed by atoms with van der Waals surface area (Å²) in [6.45, 7) is 8.43. The Kier molecular flexibility index (Phi) is 4.72. The fourth-order valence-corrected chi connectivity index (χ4v) is 3.79. The van der Waals surface area contributed by atoms with Crippen LogP contribution < -0.4 is 4.90 Å². The summed E-state index contributed by atoms with van der Waals surface area (Å²) in [7, 11) is 0. The lowest BCUT2D eigenvalue weighted by molar-refractivity contribution is 0.0712. The lowest BCUT2D eigenvalue weighted by atomic mass is 10.1. The van der Waals surface area contributed by atoms with Gasteiger partial charge in [-0.1, -0.05) is 0 Å². The summed E-state index contributed by atoms with van der Waals surface area (Å²) in [5.41, 5.74) is 2.60. The van der Waals surface area contributed by atoms with E-state index < -0.39 is 0 Å². The Balaban J connectivity index is 1.82. The fraction of sp³-hybridized carbons (Fsp3) is 0.579. The van der Waals surface area contributed by atoms with E-state index in [1.165, 1.54) is 6.42 Å². The van der Waals surface area contributed by atoms with Crippen LogP contribution in [0.2, 0.25) is 0 Å². The molecule has 0 aliphatic carbocycles. The average molecular weight is 355 g/mol. The van der Waals surface area contributed by atoms with Gasteiger partial charge in [-0.2, -0.15) is 0 Å². The highest BCUT2D eigenvalue weighted by Crippen LogP contribution is 2.28. The van der Waals surface area contributed by atoms with Crippen LogP contribution in [0.5, 0.6) is 0 Å². The first kappa shape index (κ1) is 17.1. The molecule has 1 amide bonds. The monoisotopic (exact) mass is 355 g/mol. The van der Waals surface area contributed by atoms with Crippen LogP contribution >= 0.6 is 0 Å². The van der Waals surface area contributed by atoms with Gasteiger partial charge in [0.15, 0.2) is 5.65 Å². The molecule has 2 saturated heterocycles. The maximum absolute atomic E-state index is 13.0. The molecule has 138 valence electrons. The zero-order valence-electron chi connectivity index (χ0n) is 15.5. The number of aryl methyl sites for hydroxylation is 2. The van der Waals surface area contributed by atoms with E-state index in [1.807, 2.05) is 17.9 Å². The summed E-state index contributed by atoms with van der Waals surface area (Å²) in [6.07, 6.45) is 3.28. The normalized spacial score (nSPS) is 18.4. The van der Waals surface area contributed by atoms with Gasteiger partial charge in [0.25, 0.3) is 5.91 Å². The molecule has 0 unspecified atom stereocenters. The largest absolute Gasteiger partial charge is 0.378 e. The molecule has 0 radical (unpaired) electrons. The summed E-state index contributed by atoms with van der Waals surface area (Å²) in [6, 6.07) is 2.04. The number of hydrogen-bond acceptors (Lipinski definition) is 6. The van der Waals surface area contributed by atoms with E-state index in [1.54, 1.807) is 0 Å². The third-order valence-electron chi connectivity index (χ3n) is 5.12. The van der Waals surface area contributed by atoms with Gasteiger partial charge in [-0.25, -0.2) is 15.0 Å². The Bertz CT molecular complexity index is 826. The summed E-state index contributed by atoms with van der Waals surface area (Å²) in [4.78, 5) is 30.9. The molecule has 2 aliphatic heterocycles. The zero-order chi connectivity index (χ0) is 18.1. The molecule has 7 nitrogen and oxygen atoms in total. The SMILES string of the molecule is Cc1cc(C)c2c(N3CCOCC3)nc(C(=O)N3CCCCC3)nc2n1. The van der Waals surface area contributed by atoms with Gasteiger partial charge >= 0.3 is 0 Å². The predicted molar refractivity (Wildman–Crippen MR) is 99.6 cm³/mol. The Morgan fingerprint density at radius 2 is 1.73 bits per heavy atom. The molecule has 2 aromatic rings. The fourth-order valence-electron chi connectivity index (χ4n) is 3.79. The third-order valence-corrected chi connectivity index (χ3v) is 5.12. The summed E-state index contributed by atoms with van der Waals surface area (Å²) >= 11 is 0. The minimum atomic E-state index is -0.0814. The van der Waals surface area contributed by atoms with Crippen molar-refractivity contribution in [2.75, 3.05) is 44.3 Å². The van der Waals surface area contributed by atoms with Crippen molar-refractivity contribution >= 4 is 22.8 Å². The molecule has 0 saturated carbocycles. The van der Waals surface area contributed by atoms with Crippen molar-refractivity contribution in [3.63, 3.8) is 0 Å². The van der Waals surface area contributed by atoms with Crippen molar-refractivity contribution in [3.05, 3.63) is 23.1 Å². The Labute approximate surface area is 153 Å². The van der Waals surface area contributed by atoms with Crippen LogP contribution in [0.25, 0.3) is 11.0 Å². The van der Waals surface area contributed by atoms with Gasteiger partial charge in [-0.15, -0.1) is 0 Å². The second-order valence-corrected chi connectivity index (χ2v) is 7.10. The van der Waals surface area contributed by atoms with Crippen LogP contribution in [-0.4, -0.2) is 65.2 Å². The molecule has 2 fully saturated rings. The van der Waals surface area contributed by atoms with Gasteiger partial charge in [0.2, 0.25) is 5.82 Å². The van der Waals surface area contributed by atoms with Crippen molar-refractivity contribution in [3.8, 4) is 0 Å². The number of rotatable bonds is 2. The number of ether oxygens (including phenoxy) is 1. The standard InChI is InChI=1S/C19H25N5O2/c1-13-12-14(2)20-16-15(13)18(23-8-10-26-11-9-23)22-17(21-16)19(25)24-6-4-3-5-7-24/h12H,3-11H2,1-2H3. The molecule has 0 N–H and O–H groups in total. The van der Waals surface area contributed by atoms with Crippen molar-refractivity contribution in [2.24, 2.45) is 0 Å². The quantitative estimate of drug-likeness (QED) is 0.822. The molecule has 0 bridgehead atoms. The molecule has 0 atom stereocenters.